The molecule has 0 bridgehead atoms. The first-order chi connectivity index (χ1) is 14.6. The summed E-state index contributed by atoms with van der Waals surface area (Å²) < 4.78 is 12.5. The van der Waals surface area contributed by atoms with Crippen LogP contribution in [0.25, 0.3) is 17.0 Å². The minimum Gasteiger partial charge on any atom is -0.444 e. The van der Waals surface area contributed by atoms with Gasteiger partial charge in [0.2, 0.25) is 11.7 Å². The minimum atomic E-state index is -0.525. The van der Waals surface area contributed by atoms with Gasteiger partial charge < -0.3 is 19.1 Å². The minimum absolute atomic E-state index is 0.0905. The van der Waals surface area contributed by atoms with Crippen molar-refractivity contribution >= 4 is 11.7 Å². The lowest BCUT2D eigenvalue weighted by molar-refractivity contribution is 0.0203. The van der Waals surface area contributed by atoms with Gasteiger partial charge in [-0.1, -0.05) is 19.0 Å². The summed E-state index contributed by atoms with van der Waals surface area (Å²) in [4.78, 5) is 33.8. The molecule has 0 aliphatic carbocycles. The predicted molar refractivity (Wildman–Crippen MR) is 113 cm³/mol. The van der Waals surface area contributed by atoms with Crippen molar-refractivity contribution in [3.8, 4) is 11.4 Å². The number of aromatic amines is 1. The van der Waals surface area contributed by atoms with Crippen molar-refractivity contribution in [2.75, 3.05) is 13.1 Å². The molecule has 0 atom stereocenters. The van der Waals surface area contributed by atoms with E-state index in [0.29, 0.717) is 48.9 Å². The maximum Gasteiger partial charge on any atom is 0.410 e. The van der Waals surface area contributed by atoms with Gasteiger partial charge in [0.15, 0.2) is 0 Å². The summed E-state index contributed by atoms with van der Waals surface area (Å²) >= 11 is 0. The van der Waals surface area contributed by atoms with Crippen LogP contribution in [0.5, 0.6) is 0 Å². The summed E-state index contributed by atoms with van der Waals surface area (Å²) in [6.45, 7) is 10.6. The van der Waals surface area contributed by atoms with Crippen LogP contribution in [0.15, 0.2) is 21.6 Å². The first-order valence-electron chi connectivity index (χ1n) is 10.6. The van der Waals surface area contributed by atoms with Crippen LogP contribution in [0.2, 0.25) is 0 Å². The summed E-state index contributed by atoms with van der Waals surface area (Å²) in [5.74, 6) is 1.12. The summed E-state index contributed by atoms with van der Waals surface area (Å²) in [7, 11) is 0. The van der Waals surface area contributed by atoms with Crippen molar-refractivity contribution in [1.29, 1.82) is 0 Å². The number of fused-ring (bicyclic) bond motifs is 1. The second-order valence-electron chi connectivity index (χ2n) is 9.23. The second-order valence-corrected chi connectivity index (χ2v) is 9.23. The summed E-state index contributed by atoms with van der Waals surface area (Å²) in [5, 5.41) is 8.53. The molecule has 1 amide bonds. The highest BCUT2D eigenvalue weighted by Crippen LogP contribution is 2.30. The maximum atomic E-state index is 12.4. The Bertz CT molecular complexity index is 1140. The fraction of sp³-hybridized carbons (Fsp3) is 0.571. The number of rotatable bonds is 3. The van der Waals surface area contributed by atoms with Crippen LogP contribution in [0.1, 0.15) is 70.9 Å². The Balaban J connectivity index is 1.59. The van der Waals surface area contributed by atoms with Gasteiger partial charge in [-0.2, -0.15) is 10.1 Å². The largest absolute Gasteiger partial charge is 0.444 e. The van der Waals surface area contributed by atoms with Crippen LogP contribution in [0, 0.1) is 0 Å². The molecule has 0 saturated carbocycles. The van der Waals surface area contributed by atoms with Gasteiger partial charge in [-0.25, -0.2) is 9.31 Å². The van der Waals surface area contributed by atoms with Crippen molar-refractivity contribution in [2.24, 2.45) is 0 Å². The van der Waals surface area contributed by atoms with E-state index in [-0.39, 0.29) is 23.5 Å². The first-order valence-corrected chi connectivity index (χ1v) is 10.6. The van der Waals surface area contributed by atoms with Crippen molar-refractivity contribution in [3.63, 3.8) is 0 Å². The average Bonchev–Trinajstić information content (AvgIpc) is 3.33. The summed E-state index contributed by atoms with van der Waals surface area (Å²) in [6.07, 6.45) is 2.76. The summed E-state index contributed by atoms with van der Waals surface area (Å²) in [5.41, 5.74) is 1.21. The molecule has 1 fully saturated rings. The number of likely N-dealkylation sites (tertiary alicyclic amines) is 1. The number of aromatic nitrogens is 5. The lowest BCUT2D eigenvalue weighted by atomic mass is 9.93. The van der Waals surface area contributed by atoms with E-state index in [9.17, 15) is 9.59 Å². The van der Waals surface area contributed by atoms with Gasteiger partial charge in [0, 0.05) is 31.0 Å². The Morgan fingerprint density at radius 2 is 2.00 bits per heavy atom. The Morgan fingerprint density at radius 3 is 2.61 bits per heavy atom. The molecule has 3 aromatic rings. The van der Waals surface area contributed by atoms with E-state index in [1.54, 1.807) is 21.7 Å². The van der Waals surface area contributed by atoms with Gasteiger partial charge in [0.25, 0.3) is 5.56 Å². The van der Waals surface area contributed by atoms with Gasteiger partial charge in [0.1, 0.15) is 11.2 Å². The average molecular weight is 428 g/mol. The van der Waals surface area contributed by atoms with E-state index in [1.807, 2.05) is 34.6 Å². The molecule has 1 saturated heterocycles. The molecular formula is C21H28N6O4. The number of hydrogen-bond donors (Lipinski definition) is 1. The van der Waals surface area contributed by atoms with Gasteiger partial charge in [-0.15, -0.1) is 0 Å². The predicted octanol–water partition coefficient (Wildman–Crippen LogP) is 3.31. The highest BCUT2D eigenvalue weighted by Gasteiger charge is 2.29. The number of ether oxygens (including phenoxy) is 1. The van der Waals surface area contributed by atoms with Gasteiger partial charge in [-0.3, -0.25) is 4.79 Å². The second kappa shape index (κ2) is 7.82. The van der Waals surface area contributed by atoms with Crippen LogP contribution in [0.3, 0.4) is 0 Å². The third kappa shape index (κ3) is 4.33. The SMILES string of the molecule is CC(C)c1nc(-c2cnn3c(C4CCN(C(=O)OC(C)(C)C)CC4)cc(=O)[nH]c23)no1. The van der Waals surface area contributed by atoms with E-state index in [4.69, 9.17) is 9.26 Å². The molecule has 0 aromatic carbocycles. The lowest BCUT2D eigenvalue weighted by Crippen LogP contribution is -2.41. The number of piperidine rings is 1. The Kier molecular flexibility index (Phi) is 5.32. The molecular weight excluding hydrogens is 400 g/mol. The van der Waals surface area contributed by atoms with Crippen molar-refractivity contribution in [2.45, 2.75) is 64.9 Å². The van der Waals surface area contributed by atoms with Crippen molar-refractivity contribution < 1.29 is 14.1 Å². The highest BCUT2D eigenvalue weighted by atomic mass is 16.6. The van der Waals surface area contributed by atoms with Crippen LogP contribution in [-0.2, 0) is 4.74 Å². The van der Waals surface area contributed by atoms with Crippen LogP contribution < -0.4 is 5.56 Å². The van der Waals surface area contributed by atoms with Gasteiger partial charge in [0.05, 0.1) is 17.5 Å². The molecule has 3 aromatic heterocycles. The maximum absolute atomic E-state index is 12.4. The smallest absolute Gasteiger partial charge is 0.410 e. The number of H-pyrrole nitrogens is 1. The van der Waals surface area contributed by atoms with Crippen LogP contribution in [-0.4, -0.2) is 54.4 Å². The number of amides is 1. The first kappa shape index (κ1) is 21.1. The zero-order valence-electron chi connectivity index (χ0n) is 18.5. The third-order valence-electron chi connectivity index (χ3n) is 5.28. The molecule has 4 heterocycles. The quantitative estimate of drug-likeness (QED) is 0.680. The molecule has 4 rings (SSSR count). The number of nitrogens with zero attached hydrogens (tertiary/aromatic N) is 5. The van der Waals surface area contributed by atoms with E-state index in [2.05, 4.69) is 20.2 Å². The zero-order valence-corrected chi connectivity index (χ0v) is 18.5. The molecule has 1 aliphatic heterocycles. The lowest BCUT2D eigenvalue weighted by Gasteiger charge is -2.33. The topological polar surface area (TPSA) is 119 Å². The standard InChI is InChI=1S/C21H28N6O4/c1-12(2)19-24-17(25-31-19)14-11-22-27-15(10-16(28)23-18(14)27)13-6-8-26(9-7-13)20(29)30-21(3,4)5/h10-13H,6-9H2,1-5H3,(H,23,28). The van der Waals surface area contributed by atoms with Gasteiger partial charge >= 0.3 is 6.09 Å². The van der Waals surface area contributed by atoms with E-state index >= 15 is 0 Å². The Morgan fingerprint density at radius 1 is 1.29 bits per heavy atom. The third-order valence-corrected chi connectivity index (χ3v) is 5.28. The molecule has 0 radical (unpaired) electrons. The number of carbonyl (C=O) groups excluding carboxylic acids is 1. The van der Waals surface area contributed by atoms with Crippen molar-refractivity contribution in [1.82, 2.24) is 29.6 Å². The fourth-order valence-corrected chi connectivity index (χ4v) is 3.73. The highest BCUT2D eigenvalue weighted by molar-refractivity contribution is 5.72. The Labute approximate surface area is 179 Å². The van der Waals surface area contributed by atoms with Crippen LogP contribution >= 0.6 is 0 Å². The van der Waals surface area contributed by atoms with E-state index < -0.39 is 5.60 Å². The monoisotopic (exact) mass is 428 g/mol. The number of nitrogens with one attached hydrogen (secondary N) is 1. The van der Waals surface area contributed by atoms with E-state index in [1.165, 1.54) is 0 Å². The molecule has 1 N–H and O–H groups in total. The zero-order chi connectivity index (χ0) is 22.3. The number of hydrogen-bond acceptors (Lipinski definition) is 7. The molecule has 10 heteroatoms. The molecule has 10 nitrogen and oxygen atoms in total. The molecule has 0 unspecified atom stereocenters. The Hall–Kier alpha value is -3.17. The molecule has 0 spiro atoms. The summed E-state index contributed by atoms with van der Waals surface area (Å²) in [6, 6.07) is 1.58. The van der Waals surface area contributed by atoms with Crippen LogP contribution in [0.4, 0.5) is 4.79 Å². The van der Waals surface area contributed by atoms with Crippen molar-refractivity contribution in [3.05, 3.63) is 34.2 Å². The molecule has 166 valence electrons. The van der Waals surface area contributed by atoms with Gasteiger partial charge in [-0.05, 0) is 33.6 Å². The molecule has 1 aliphatic rings. The normalized spacial score (nSPS) is 15.7. The van der Waals surface area contributed by atoms with E-state index in [0.717, 1.165) is 5.69 Å². The fourth-order valence-electron chi connectivity index (χ4n) is 3.73. The molecule has 31 heavy (non-hydrogen) atoms. The number of carbonyl (C=O) groups is 1.